The van der Waals surface area contributed by atoms with E-state index in [-0.39, 0.29) is 19.0 Å². The SMILES string of the molecule is Cc1cc(N2CCC(P(C)P)CC2)cc(C)c1OC(=O)C12CC3CC(CC(C3)C1)C2. The van der Waals surface area contributed by atoms with E-state index in [1.165, 1.54) is 37.8 Å². The number of hydrogen-bond acceptors (Lipinski definition) is 3. The summed E-state index contributed by atoms with van der Waals surface area (Å²) < 4.78 is 6.19. The van der Waals surface area contributed by atoms with E-state index in [4.69, 9.17) is 4.74 Å². The predicted octanol–water partition coefficient (Wildman–Crippen LogP) is 6.30. The van der Waals surface area contributed by atoms with Crippen LogP contribution in [0.3, 0.4) is 0 Å². The zero-order chi connectivity index (χ0) is 21.0. The van der Waals surface area contributed by atoms with E-state index >= 15 is 0 Å². The first-order valence-corrected chi connectivity index (χ1v) is 15.4. The summed E-state index contributed by atoms with van der Waals surface area (Å²) in [5.74, 6) is 3.18. The Morgan fingerprint density at radius 3 is 2.00 bits per heavy atom. The molecule has 0 spiro atoms. The van der Waals surface area contributed by atoms with Crippen LogP contribution in [0.2, 0.25) is 0 Å². The Morgan fingerprint density at radius 2 is 1.53 bits per heavy atom. The van der Waals surface area contributed by atoms with Crippen LogP contribution in [0.15, 0.2) is 12.1 Å². The molecule has 3 nitrogen and oxygen atoms in total. The molecule has 4 aliphatic carbocycles. The highest BCUT2D eigenvalue weighted by Crippen LogP contribution is 2.60. The van der Waals surface area contributed by atoms with Crippen LogP contribution in [0.1, 0.15) is 62.5 Å². The maximum Gasteiger partial charge on any atom is 0.317 e. The zero-order valence-electron chi connectivity index (χ0n) is 18.8. The van der Waals surface area contributed by atoms with Crippen LogP contribution in [0, 0.1) is 37.0 Å². The molecule has 0 aromatic heterocycles. The topological polar surface area (TPSA) is 29.5 Å². The van der Waals surface area contributed by atoms with Gasteiger partial charge in [0.1, 0.15) is 5.75 Å². The van der Waals surface area contributed by atoms with Crippen molar-refractivity contribution in [2.24, 2.45) is 23.2 Å². The van der Waals surface area contributed by atoms with Gasteiger partial charge in [-0.2, -0.15) is 0 Å². The Kier molecular flexibility index (Phi) is 5.69. The van der Waals surface area contributed by atoms with Gasteiger partial charge in [-0.25, -0.2) is 0 Å². The van der Waals surface area contributed by atoms with E-state index in [0.717, 1.165) is 72.6 Å². The molecule has 1 saturated heterocycles. The summed E-state index contributed by atoms with van der Waals surface area (Å²) in [6.45, 7) is 8.87. The minimum Gasteiger partial charge on any atom is -0.426 e. The highest BCUT2D eigenvalue weighted by atomic mass is 32.0. The number of benzene rings is 1. The van der Waals surface area contributed by atoms with Crippen LogP contribution in [0.4, 0.5) is 5.69 Å². The Labute approximate surface area is 185 Å². The third-order valence-corrected chi connectivity index (χ3v) is 11.4. The van der Waals surface area contributed by atoms with E-state index in [9.17, 15) is 4.79 Å². The fourth-order valence-corrected chi connectivity index (χ4v) is 9.30. The molecule has 4 saturated carbocycles. The highest BCUT2D eigenvalue weighted by molar-refractivity contribution is 8.13. The summed E-state index contributed by atoms with van der Waals surface area (Å²) in [5, 5.41) is 0. The van der Waals surface area contributed by atoms with Crippen molar-refractivity contribution in [1.29, 1.82) is 0 Å². The Bertz CT molecular complexity index is 770. The van der Waals surface area contributed by atoms with Gasteiger partial charge >= 0.3 is 5.97 Å². The third kappa shape index (κ3) is 3.84. The minimum absolute atomic E-state index is 0.0677. The highest BCUT2D eigenvalue weighted by Gasteiger charge is 2.55. The van der Waals surface area contributed by atoms with E-state index in [1.807, 2.05) is 0 Å². The lowest BCUT2D eigenvalue weighted by molar-refractivity contribution is -0.161. The van der Waals surface area contributed by atoms with E-state index in [0.29, 0.717) is 0 Å². The molecular formula is C25H37NO2P2. The van der Waals surface area contributed by atoms with Gasteiger partial charge in [0, 0.05) is 18.8 Å². The van der Waals surface area contributed by atoms with Crippen LogP contribution in [-0.4, -0.2) is 31.4 Å². The molecule has 6 rings (SSSR count). The number of nitrogens with zero attached hydrogens (tertiary/aromatic N) is 1. The fraction of sp³-hybridized carbons (Fsp3) is 0.720. The largest absolute Gasteiger partial charge is 0.426 e. The van der Waals surface area contributed by atoms with E-state index in [2.05, 4.69) is 46.5 Å². The number of aryl methyl sites for hydroxylation is 2. The van der Waals surface area contributed by atoms with Crippen molar-refractivity contribution in [1.82, 2.24) is 0 Å². The number of carbonyl (C=O) groups excluding carboxylic acids is 1. The molecule has 164 valence electrons. The molecule has 1 aliphatic heterocycles. The average Bonchev–Trinajstić information content (AvgIpc) is 2.69. The lowest BCUT2D eigenvalue weighted by Crippen LogP contribution is -2.51. The molecule has 5 fully saturated rings. The van der Waals surface area contributed by atoms with Crippen LogP contribution in [-0.2, 0) is 4.79 Å². The maximum atomic E-state index is 13.4. The number of rotatable bonds is 4. The number of carbonyl (C=O) groups is 1. The number of piperidine rings is 1. The lowest BCUT2D eigenvalue weighted by Gasteiger charge is -2.55. The molecule has 1 heterocycles. The molecule has 0 N–H and O–H groups in total. The Balaban J connectivity index is 1.31. The van der Waals surface area contributed by atoms with Crippen LogP contribution in [0.5, 0.6) is 5.75 Å². The first-order chi connectivity index (χ1) is 14.3. The molecule has 0 radical (unpaired) electrons. The molecule has 0 amide bonds. The van der Waals surface area contributed by atoms with Gasteiger partial charge in [-0.05, 0) is 119 Å². The quantitative estimate of drug-likeness (QED) is 0.310. The second-order valence-electron chi connectivity index (χ2n) is 10.9. The molecule has 2 unspecified atom stereocenters. The molecule has 1 aromatic carbocycles. The number of hydrogen-bond donors (Lipinski definition) is 0. The minimum atomic E-state index is -0.190. The zero-order valence-corrected chi connectivity index (χ0v) is 20.9. The van der Waals surface area contributed by atoms with Crippen molar-refractivity contribution < 1.29 is 9.53 Å². The smallest absolute Gasteiger partial charge is 0.317 e. The number of ether oxygens (including phenoxy) is 1. The molecule has 2 atom stereocenters. The fourth-order valence-electron chi connectivity index (χ4n) is 7.36. The monoisotopic (exact) mass is 445 g/mol. The Hall–Kier alpha value is -0.650. The van der Waals surface area contributed by atoms with Crippen molar-refractivity contribution in [3.63, 3.8) is 0 Å². The molecule has 4 bridgehead atoms. The van der Waals surface area contributed by atoms with Crippen LogP contribution < -0.4 is 9.64 Å². The summed E-state index contributed by atoms with van der Waals surface area (Å²) in [5.41, 5.74) is 4.19. The number of anilines is 1. The van der Waals surface area contributed by atoms with E-state index in [1.54, 1.807) is 0 Å². The second kappa shape index (κ2) is 8.04. The van der Waals surface area contributed by atoms with Crippen molar-refractivity contribution in [2.45, 2.75) is 70.9 Å². The van der Waals surface area contributed by atoms with Crippen molar-refractivity contribution in [2.75, 3.05) is 24.7 Å². The van der Waals surface area contributed by atoms with E-state index < -0.39 is 0 Å². The summed E-state index contributed by atoms with van der Waals surface area (Å²) in [4.78, 5) is 15.9. The van der Waals surface area contributed by atoms with Gasteiger partial charge in [0.2, 0.25) is 0 Å². The van der Waals surface area contributed by atoms with Crippen molar-refractivity contribution in [3.8, 4) is 5.75 Å². The first-order valence-electron chi connectivity index (χ1n) is 11.9. The molecule has 5 heteroatoms. The summed E-state index contributed by atoms with van der Waals surface area (Å²) >= 11 is 0. The lowest BCUT2D eigenvalue weighted by atomic mass is 9.49. The number of esters is 1. The maximum absolute atomic E-state index is 13.4. The van der Waals surface area contributed by atoms with Gasteiger partial charge in [0.25, 0.3) is 0 Å². The van der Waals surface area contributed by atoms with Crippen molar-refractivity contribution >= 4 is 28.2 Å². The Morgan fingerprint density at radius 1 is 1.03 bits per heavy atom. The van der Waals surface area contributed by atoms with Gasteiger partial charge in [-0.1, -0.05) is 7.61 Å². The van der Waals surface area contributed by atoms with Crippen LogP contribution >= 0.6 is 16.5 Å². The standard InChI is InChI=1S/C25H37NO2P2/c1-16-8-21(26-6-4-22(5-7-26)30(3)29)9-17(2)23(16)28-24(27)25-13-18-10-19(14-25)12-20(11-18)15-25/h8-9,18-20,22H,4-7,10-15,29H2,1-3H3. The normalized spacial score (nSPS) is 34.3. The van der Waals surface area contributed by atoms with Gasteiger partial charge in [0.05, 0.1) is 5.41 Å². The summed E-state index contributed by atoms with van der Waals surface area (Å²) in [7, 11) is 3.13. The molecule has 30 heavy (non-hydrogen) atoms. The van der Waals surface area contributed by atoms with Crippen molar-refractivity contribution in [3.05, 3.63) is 23.3 Å². The van der Waals surface area contributed by atoms with Gasteiger partial charge in [-0.3, -0.25) is 4.79 Å². The second-order valence-corrected chi connectivity index (χ2v) is 15.4. The van der Waals surface area contributed by atoms with Gasteiger partial charge in [0.15, 0.2) is 0 Å². The predicted molar refractivity (Wildman–Crippen MR) is 130 cm³/mol. The van der Waals surface area contributed by atoms with Gasteiger partial charge in [-0.15, -0.1) is 8.93 Å². The first kappa shape index (κ1) is 21.2. The summed E-state index contributed by atoms with van der Waals surface area (Å²) in [6.07, 6.45) is 9.83. The van der Waals surface area contributed by atoms with Gasteiger partial charge < -0.3 is 9.64 Å². The molecule has 1 aromatic rings. The average molecular weight is 446 g/mol. The molecular weight excluding hydrogens is 408 g/mol. The third-order valence-electron chi connectivity index (χ3n) is 8.52. The molecule has 5 aliphatic rings. The van der Waals surface area contributed by atoms with Crippen LogP contribution in [0.25, 0.3) is 0 Å². The summed E-state index contributed by atoms with van der Waals surface area (Å²) in [6, 6.07) is 4.48.